The molecule has 1 saturated heterocycles. The zero-order valence-corrected chi connectivity index (χ0v) is 17.2. The molecular weight excluding hydrogens is 354 g/mol. The molecule has 0 spiro atoms. The first-order valence-corrected chi connectivity index (χ1v) is 10.3. The van der Waals surface area contributed by atoms with E-state index in [1.165, 1.54) is 12.8 Å². The van der Waals surface area contributed by atoms with Crippen LogP contribution in [0.15, 0.2) is 12.3 Å². The minimum Gasteiger partial charge on any atom is -0.337 e. The molecular formula is C21H29N5O2. The average molecular weight is 383 g/mol. The molecule has 2 fully saturated rings. The Morgan fingerprint density at radius 2 is 2.04 bits per heavy atom. The molecule has 0 N–H and O–H groups in total. The van der Waals surface area contributed by atoms with Crippen molar-refractivity contribution in [2.24, 2.45) is 11.8 Å². The third-order valence-electron chi connectivity index (χ3n) is 5.94. The molecule has 2 aliphatic rings. The number of hydrogen-bond donors (Lipinski definition) is 0. The second kappa shape index (κ2) is 7.18. The minimum atomic E-state index is -0.0841. The van der Waals surface area contributed by atoms with Gasteiger partial charge in [-0.15, -0.1) is 0 Å². The first-order chi connectivity index (χ1) is 13.3. The van der Waals surface area contributed by atoms with Crippen molar-refractivity contribution in [1.29, 1.82) is 0 Å². The van der Waals surface area contributed by atoms with Crippen LogP contribution in [0.4, 0.5) is 0 Å². The van der Waals surface area contributed by atoms with Crippen LogP contribution < -0.4 is 0 Å². The third kappa shape index (κ3) is 3.50. The molecule has 4 rings (SSSR count). The predicted molar refractivity (Wildman–Crippen MR) is 106 cm³/mol. The highest BCUT2D eigenvalue weighted by molar-refractivity contribution is 6.00. The summed E-state index contributed by atoms with van der Waals surface area (Å²) in [6.07, 6.45) is 4.41. The molecule has 1 saturated carbocycles. The monoisotopic (exact) mass is 383 g/mol. The summed E-state index contributed by atoms with van der Waals surface area (Å²) in [4.78, 5) is 34.6. The van der Waals surface area contributed by atoms with Gasteiger partial charge in [-0.1, -0.05) is 13.8 Å². The van der Waals surface area contributed by atoms with Gasteiger partial charge in [0.25, 0.3) is 5.91 Å². The van der Waals surface area contributed by atoms with E-state index in [1.54, 1.807) is 10.7 Å². The summed E-state index contributed by atoms with van der Waals surface area (Å²) in [5.41, 5.74) is 2.91. The normalized spacial score (nSPS) is 20.9. The molecule has 0 unspecified atom stereocenters. The van der Waals surface area contributed by atoms with Gasteiger partial charge in [0.2, 0.25) is 5.91 Å². The molecule has 1 atom stereocenters. The van der Waals surface area contributed by atoms with E-state index in [0.717, 1.165) is 17.9 Å². The molecule has 7 heteroatoms. The van der Waals surface area contributed by atoms with E-state index in [4.69, 9.17) is 0 Å². The topological polar surface area (TPSA) is 70.8 Å². The summed E-state index contributed by atoms with van der Waals surface area (Å²) in [6, 6.07) is 2.00. The highest BCUT2D eigenvalue weighted by Gasteiger charge is 2.37. The highest BCUT2D eigenvalue weighted by atomic mass is 16.2. The van der Waals surface area contributed by atoms with E-state index in [9.17, 15) is 9.59 Å². The van der Waals surface area contributed by atoms with Gasteiger partial charge < -0.3 is 9.80 Å². The molecule has 0 radical (unpaired) electrons. The number of aromatic nitrogens is 3. The molecule has 0 aromatic carbocycles. The van der Waals surface area contributed by atoms with Crippen LogP contribution in [0.1, 0.15) is 54.9 Å². The number of rotatable bonds is 4. The maximum Gasteiger partial charge on any atom is 0.259 e. The van der Waals surface area contributed by atoms with Crippen molar-refractivity contribution in [3.63, 3.8) is 0 Å². The molecule has 7 nitrogen and oxygen atoms in total. The summed E-state index contributed by atoms with van der Waals surface area (Å²) in [6.45, 7) is 9.99. The van der Waals surface area contributed by atoms with Gasteiger partial charge in [0.15, 0.2) is 5.65 Å². The molecule has 3 heterocycles. The summed E-state index contributed by atoms with van der Waals surface area (Å²) in [7, 11) is 0. The second-order valence-corrected chi connectivity index (χ2v) is 8.63. The summed E-state index contributed by atoms with van der Waals surface area (Å²) >= 11 is 0. The fourth-order valence-corrected chi connectivity index (χ4v) is 4.14. The lowest BCUT2D eigenvalue weighted by atomic mass is 10.0. The number of fused-ring (bicyclic) bond motifs is 1. The summed E-state index contributed by atoms with van der Waals surface area (Å²) in [5.74, 6) is 1.02. The van der Waals surface area contributed by atoms with Crippen LogP contribution in [0, 0.1) is 25.7 Å². The van der Waals surface area contributed by atoms with Gasteiger partial charge in [-0.25, -0.2) is 9.50 Å². The molecule has 2 amide bonds. The van der Waals surface area contributed by atoms with Crippen LogP contribution >= 0.6 is 0 Å². The van der Waals surface area contributed by atoms with Crippen LogP contribution in [0.5, 0.6) is 0 Å². The second-order valence-electron chi connectivity index (χ2n) is 8.63. The van der Waals surface area contributed by atoms with Crippen LogP contribution in [0.2, 0.25) is 0 Å². The molecule has 150 valence electrons. The van der Waals surface area contributed by atoms with E-state index in [1.807, 2.05) is 29.7 Å². The Morgan fingerprint density at radius 3 is 2.71 bits per heavy atom. The Hall–Kier alpha value is -2.44. The number of carbonyl (C=O) groups is 2. The fraction of sp³-hybridized carbons (Fsp3) is 0.619. The maximum absolute atomic E-state index is 13.4. The van der Waals surface area contributed by atoms with Crippen molar-refractivity contribution in [3.8, 4) is 0 Å². The molecule has 1 aliphatic carbocycles. The van der Waals surface area contributed by atoms with Crippen LogP contribution in [-0.2, 0) is 4.79 Å². The summed E-state index contributed by atoms with van der Waals surface area (Å²) in [5, 5.41) is 4.36. The highest BCUT2D eigenvalue weighted by Crippen LogP contribution is 2.32. The lowest BCUT2D eigenvalue weighted by Gasteiger charge is -2.34. The van der Waals surface area contributed by atoms with Crippen molar-refractivity contribution in [1.82, 2.24) is 24.4 Å². The Kier molecular flexibility index (Phi) is 4.85. The first-order valence-electron chi connectivity index (χ1n) is 10.3. The largest absolute Gasteiger partial charge is 0.337 e. The molecule has 1 aliphatic heterocycles. The predicted octanol–water partition coefficient (Wildman–Crippen LogP) is 2.46. The smallest absolute Gasteiger partial charge is 0.259 e. The SMILES string of the molecule is Cc1cc(C)n2ncc(C(=O)N3CCC(=O)N(CC4CC4)[C@@H](C(C)C)C3)c2n1. The molecule has 28 heavy (non-hydrogen) atoms. The Bertz CT molecular complexity index is 915. The third-order valence-corrected chi connectivity index (χ3v) is 5.94. The van der Waals surface area contributed by atoms with Gasteiger partial charge in [0, 0.05) is 37.4 Å². The zero-order chi connectivity index (χ0) is 20.0. The Morgan fingerprint density at radius 1 is 1.29 bits per heavy atom. The van der Waals surface area contributed by atoms with Crippen LogP contribution in [-0.4, -0.2) is 61.9 Å². The number of amides is 2. The van der Waals surface area contributed by atoms with E-state index in [-0.39, 0.29) is 17.9 Å². The van der Waals surface area contributed by atoms with Gasteiger partial charge in [-0.05, 0) is 44.6 Å². The Labute approximate surface area is 165 Å². The number of carbonyl (C=O) groups excluding carboxylic acids is 2. The Balaban J connectivity index is 1.63. The lowest BCUT2D eigenvalue weighted by molar-refractivity contribution is -0.133. The standard InChI is InChI=1S/C21H29N5O2/c1-13(2)18-12-24(8-7-19(27)25(18)11-16-5-6-16)21(28)17-10-22-26-15(4)9-14(3)23-20(17)26/h9-10,13,16,18H,5-8,11-12H2,1-4H3/t18-/m1/s1. The number of nitrogens with zero attached hydrogens (tertiary/aromatic N) is 5. The molecule has 0 bridgehead atoms. The van der Waals surface area contributed by atoms with Crippen molar-refractivity contribution in [3.05, 3.63) is 29.2 Å². The van der Waals surface area contributed by atoms with E-state index < -0.39 is 0 Å². The van der Waals surface area contributed by atoms with Crippen molar-refractivity contribution in [2.45, 2.75) is 53.0 Å². The first kappa shape index (κ1) is 18.9. The molecule has 2 aromatic heterocycles. The minimum absolute atomic E-state index is 0.0535. The van der Waals surface area contributed by atoms with Gasteiger partial charge in [0.1, 0.15) is 5.56 Å². The van der Waals surface area contributed by atoms with E-state index in [0.29, 0.717) is 42.6 Å². The quantitative estimate of drug-likeness (QED) is 0.813. The zero-order valence-electron chi connectivity index (χ0n) is 17.2. The fourth-order valence-electron chi connectivity index (χ4n) is 4.14. The lowest BCUT2D eigenvalue weighted by Crippen LogP contribution is -2.48. The maximum atomic E-state index is 13.4. The van der Waals surface area contributed by atoms with Crippen molar-refractivity contribution in [2.75, 3.05) is 19.6 Å². The average Bonchev–Trinajstić information content (AvgIpc) is 3.38. The van der Waals surface area contributed by atoms with Crippen LogP contribution in [0.25, 0.3) is 5.65 Å². The number of hydrogen-bond acceptors (Lipinski definition) is 4. The van der Waals surface area contributed by atoms with Gasteiger partial charge in [-0.2, -0.15) is 5.10 Å². The van der Waals surface area contributed by atoms with Crippen molar-refractivity contribution >= 4 is 17.5 Å². The van der Waals surface area contributed by atoms with Gasteiger partial charge >= 0.3 is 0 Å². The van der Waals surface area contributed by atoms with Gasteiger partial charge in [-0.3, -0.25) is 9.59 Å². The van der Waals surface area contributed by atoms with E-state index in [2.05, 4.69) is 23.9 Å². The number of aryl methyl sites for hydroxylation is 2. The summed E-state index contributed by atoms with van der Waals surface area (Å²) < 4.78 is 1.71. The van der Waals surface area contributed by atoms with Gasteiger partial charge in [0.05, 0.1) is 12.2 Å². The van der Waals surface area contributed by atoms with E-state index >= 15 is 0 Å². The van der Waals surface area contributed by atoms with Crippen molar-refractivity contribution < 1.29 is 9.59 Å². The van der Waals surface area contributed by atoms with Crippen LogP contribution in [0.3, 0.4) is 0 Å². The molecule has 2 aromatic rings.